The Kier molecular flexibility index (Phi) is 2.77. The zero-order valence-electron chi connectivity index (χ0n) is 8.91. The van der Waals surface area contributed by atoms with Gasteiger partial charge in [-0.3, -0.25) is 4.79 Å². The van der Waals surface area contributed by atoms with E-state index in [0.29, 0.717) is 0 Å². The highest BCUT2D eigenvalue weighted by Crippen LogP contribution is 2.46. The molecule has 1 heterocycles. The summed E-state index contributed by atoms with van der Waals surface area (Å²) < 4.78 is 0. The van der Waals surface area contributed by atoms with Crippen LogP contribution in [-0.4, -0.2) is 30.4 Å². The summed E-state index contributed by atoms with van der Waals surface area (Å²) in [5.74, 6) is 2.55. The van der Waals surface area contributed by atoms with E-state index in [2.05, 4.69) is 0 Å². The van der Waals surface area contributed by atoms with E-state index in [1.54, 1.807) is 6.92 Å². The van der Waals surface area contributed by atoms with Crippen LogP contribution in [0.2, 0.25) is 0 Å². The Morgan fingerprint density at radius 2 is 2.36 bits per heavy atom. The van der Waals surface area contributed by atoms with Gasteiger partial charge in [0.25, 0.3) is 0 Å². The van der Waals surface area contributed by atoms with Gasteiger partial charge >= 0.3 is 0 Å². The first-order valence-corrected chi connectivity index (χ1v) is 5.68. The molecule has 0 aromatic carbocycles. The molecule has 14 heavy (non-hydrogen) atoms. The van der Waals surface area contributed by atoms with Crippen molar-refractivity contribution in [3.8, 4) is 0 Å². The lowest BCUT2D eigenvalue weighted by molar-refractivity contribution is -0.130. The van der Waals surface area contributed by atoms with Crippen molar-refractivity contribution < 1.29 is 4.79 Å². The first kappa shape index (κ1) is 9.97. The number of nitrogens with two attached hydrogens (primary N) is 1. The van der Waals surface area contributed by atoms with E-state index in [1.807, 2.05) is 4.90 Å². The van der Waals surface area contributed by atoms with Gasteiger partial charge in [0.05, 0.1) is 0 Å². The second-order valence-corrected chi connectivity index (χ2v) is 4.76. The number of carbonyl (C=O) groups excluding carboxylic acids is 1. The highest BCUT2D eigenvalue weighted by molar-refractivity contribution is 5.73. The van der Waals surface area contributed by atoms with Gasteiger partial charge < -0.3 is 10.6 Å². The van der Waals surface area contributed by atoms with Gasteiger partial charge in [-0.05, 0) is 43.6 Å². The van der Waals surface area contributed by atoms with Gasteiger partial charge in [0.15, 0.2) is 0 Å². The summed E-state index contributed by atoms with van der Waals surface area (Å²) in [5.41, 5.74) is 5.64. The van der Waals surface area contributed by atoms with Gasteiger partial charge in [0.1, 0.15) is 0 Å². The van der Waals surface area contributed by atoms with Crippen molar-refractivity contribution in [2.75, 3.05) is 19.6 Å². The first-order valence-electron chi connectivity index (χ1n) is 5.68. The van der Waals surface area contributed by atoms with Crippen molar-refractivity contribution in [3.05, 3.63) is 0 Å². The van der Waals surface area contributed by atoms with E-state index in [9.17, 15) is 4.79 Å². The number of piperidine rings is 1. The normalized spacial score (nSPS) is 37.0. The van der Waals surface area contributed by atoms with Crippen LogP contribution in [0.15, 0.2) is 0 Å². The van der Waals surface area contributed by atoms with Crippen LogP contribution in [0.25, 0.3) is 0 Å². The lowest BCUT2D eigenvalue weighted by atomic mass is 9.92. The van der Waals surface area contributed by atoms with Crippen LogP contribution in [0.4, 0.5) is 0 Å². The summed E-state index contributed by atoms with van der Waals surface area (Å²) in [5, 5.41) is 0. The van der Waals surface area contributed by atoms with Crippen molar-refractivity contribution >= 4 is 5.91 Å². The minimum absolute atomic E-state index is 0.236. The van der Waals surface area contributed by atoms with E-state index in [0.717, 1.165) is 37.4 Å². The van der Waals surface area contributed by atoms with Crippen LogP contribution in [0.3, 0.4) is 0 Å². The molecule has 2 rings (SSSR count). The molecule has 1 saturated heterocycles. The topological polar surface area (TPSA) is 46.3 Å². The fourth-order valence-electron chi connectivity index (χ4n) is 2.76. The lowest BCUT2D eigenvalue weighted by Crippen LogP contribution is -2.39. The summed E-state index contributed by atoms with van der Waals surface area (Å²) in [7, 11) is 0. The summed E-state index contributed by atoms with van der Waals surface area (Å²) >= 11 is 0. The van der Waals surface area contributed by atoms with Gasteiger partial charge in [-0.25, -0.2) is 0 Å². The molecular formula is C11H20N2O. The summed E-state index contributed by atoms with van der Waals surface area (Å²) in [4.78, 5) is 13.2. The lowest BCUT2D eigenvalue weighted by Gasteiger charge is -2.32. The van der Waals surface area contributed by atoms with Gasteiger partial charge in [0, 0.05) is 20.0 Å². The average molecular weight is 196 g/mol. The molecule has 2 aliphatic rings. The minimum atomic E-state index is 0.236. The number of amides is 1. The summed E-state index contributed by atoms with van der Waals surface area (Å²) in [6, 6.07) is 0. The SMILES string of the molecule is CC(=O)N1CCCC(C2CC2CN)C1. The molecule has 3 unspecified atom stereocenters. The maximum Gasteiger partial charge on any atom is 0.219 e. The molecule has 1 aliphatic carbocycles. The van der Waals surface area contributed by atoms with Crippen molar-refractivity contribution in [1.29, 1.82) is 0 Å². The van der Waals surface area contributed by atoms with Crippen molar-refractivity contribution in [3.63, 3.8) is 0 Å². The van der Waals surface area contributed by atoms with Gasteiger partial charge in [-0.15, -0.1) is 0 Å². The molecule has 3 atom stereocenters. The molecule has 0 radical (unpaired) electrons. The second-order valence-electron chi connectivity index (χ2n) is 4.76. The molecule has 1 amide bonds. The van der Waals surface area contributed by atoms with E-state index in [-0.39, 0.29) is 5.91 Å². The zero-order valence-corrected chi connectivity index (χ0v) is 8.91. The zero-order chi connectivity index (χ0) is 10.1. The Morgan fingerprint density at radius 1 is 1.57 bits per heavy atom. The maximum absolute atomic E-state index is 11.2. The number of hydrogen-bond acceptors (Lipinski definition) is 2. The Balaban J connectivity index is 1.86. The molecule has 1 saturated carbocycles. The Labute approximate surface area is 85.6 Å². The molecule has 0 bridgehead atoms. The molecule has 0 aromatic rings. The van der Waals surface area contributed by atoms with Crippen LogP contribution in [0.1, 0.15) is 26.2 Å². The molecule has 1 aliphatic heterocycles. The van der Waals surface area contributed by atoms with Gasteiger partial charge in [-0.2, -0.15) is 0 Å². The fraction of sp³-hybridized carbons (Fsp3) is 0.909. The number of carbonyl (C=O) groups is 1. The third-order valence-electron chi connectivity index (χ3n) is 3.79. The van der Waals surface area contributed by atoms with Crippen molar-refractivity contribution in [2.24, 2.45) is 23.5 Å². The monoisotopic (exact) mass is 196 g/mol. The fourth-order valence-corrected chi connectivity index (χ4v) is 2.76. The Hall–Kier alpha value is -0.570. The van der Waals surface area contributed by atoms with E-state index < -0.39 is 0 Å². The maximum atomic E-state index is 11.2. The number of hydrogen-bond donors (Lipinski definition) is 1. The third kappa shape index (κ3) is 1.92. The van der Waals surface area contributed by atoms with Crippen molar-refractivity contribution in [2.45, 2.75) is 26.2 Å². The Morgan fingerprint density at radius 3 is 2.93 bits per heavy atom. The standard InChI is InChI=1S/C11H20N2O/c1-8(14)13-4-2-3-9(7-13)11-5-10(11)6-12/h9-11H,2-7,12H2,1H3. The van der Waals surface area contributed by atoms with Crippen LogP contribution in [0.5, 0.6) is 0 Å². The van der Waals surface area contributed by atoms with Gasteiger partial charge in [0.2, 0.25) is 5.91 Å². The molecule has 2 fully saturated rings. The average Bonchev–Trinajstić information content (AvgIpc) is 2.97. The van der Waals surface area contributed by atoms with Crippen LogP contribution < -0.4 is 5.73 Å². The predicted molar refractivity (Wildman–Crippen MR) is 55.6 cm³/mol. The van der Waals surface area contributed by atoms with Gasteiger partial charge in [-0.1, -0.05) is 0 Å². The second kappa shape index (κ2) is 3.89. The third-order valence-corrected chi connectivity index (χ3v) is 3.79. The smallest absolute Gasteiger partial charge is 0.219 e. The first-order chi connectivity index (χ1) is 6.72. The molecule has 3 nitrogen and oxygen atoms in total. The summed E-state index contributed by atoms with van der Waals surface area (Å²) in [6.45, 7) is 4.46. The van der Waals surface area contributed by atoms with E-state index >= 15 is 0 Å². The number of rotatable bonds is 2. The molecule has 80 valence electrons. The van der Waals surface area contributed by atoms with Crippen LogP contribution in [-0.2, 0) is 4.79 Å². The quantitative estimate of drug-likeness (QED) is 0.711. The number of likely N-dealkylation sites (tertiary alicyclic amines) is 1. The molecule has 3 heteroatoms. The highest BCUT2D eigenvalue weighted by Gasteiger charge is 2.43. The molecule has 0 aromatic heterocycles. The summed E-state index contributed by atoms with van der Waals surface area (Å²) in [6.07, 6.45) is 3.77. The Bertz CT molecular complexity index is 229. The minimum Gasteiger partial charge on any atom is -0.343 e. The predicted octanol–water partition coefficient (Wildman–Crippen LogP) is 0.840. The number of nitrogens with zero attached hydrogens (tertiary/aromatic N) is 1. The molecular weight excluding hydrogens is 176 g/mol. The molecule has 0 spiro atoms. The van der Waals surface area contributed by atoms with Crippen LogP contribution in [0, 0.1) is 17.8 Å². The van der Waals surface area contributed by atoms with E-state index in [1.165, 1.54) is 19.3 Å². The highest BCUT2D eigenvalue weighted by atomic mass is 16.2. The largest absolute Gasteiger partial charge is 0.343 e. The molecule has 2 N–H and O–H groups in total. The van der Waals surface area contributed by atoms with Crippen LogP contribution >= 0.6 is 0 Å². The van der Waals surface area contributed by atoms with E-state index in [4.69, 9.17) is 5.73 Å². The van der Waals surface area contributed by atoms with Crippen molar-refractivity contribution in [1.82, 2.24) is 4.90 Å².